The molecule has 0 radical (unpaired) electrons. The second-order valence-corrected chi connectivity index (χ2v) is 3.59. The number of nitrogens with zero attached hydrogens (tertiary/aromatic N) is 1. The van der Waals surface area contributed by atoms with E-state index >= 15 is 0 Å². The number of rotatable bonds is 6. The Morgan fingerprint density at radius 3 is 2.62 bits per heavy atom. The Bertz CT molecular complexity index is 340. The fourth-order valence-corrected chi connectivity index (χ4v) is 1.48. The molecule has 0 aromatic heterocycles. The molecule has 16 heavy (non-hydrogen) atoms. The molecule has 1 atom stereocenters. The van der Waals surface area contributed by atoms with Gasteiger partial charge in [0, 0.05) is 19.0 Å². The Morgan fingerprint density at radius 2 is 2.06 bits per heavy atom. The van der Waals surface area contributed by atoms with Crippen molar-refractivity contribution in [2.24, 2.45) is 0 Å². The summed E-state index contributed by atoms with van der Waals surface area (Å²) < 4.78 is 5.38. The van der Waals surface area contributed by atoms with Crippen molar-refractivity contribution >= 4 is 0 Å². The van der Waals surface area contributed by atoms with Crippen LogP contribution < -0.4 is 10.1 Å². The smallest absolute Gasteiger partial charge is 0.119 e. The summed E-state index contributed by atoms with van der Waals surface area (Å²) in [6.45, 7) is 5.48. The van der Waals surface area contributed by atoms with Gasteiger partial charge >= 0.3 is 0 Å². The topological polar surface area (TPSA) is 45.0 Å². The zero-order valence-electron chi connectivity index (χ0n) is 9.86. The van der Waals surface area contributed by atoms with Crippen LogP contribution in [0.2, 0.25) is 0 Å². The molecule has 0 aliphatic carbocycles. The zero-order chi connectivity index (χ0) is 11.8. The van der Waals surface area contributed by atoms with Gasteiger partial charge in [0.2, 0.25) is 0 Å². The van der Waals surface area contributed by atoms with Gasteiger partial charge in [0.05, 0.1) is 12.7 Å². The lowest BCUT2D eigenvalue weighted by molar-refractivity contribution is 0.340. The molecule has 1 aromatic rings. The molecular weight excluding hydrogens is 200 g/mol. The summed E-state index contributed by atoms with van der Waals surface area (Å²) in [6.07, 6.45) is 0.543. The summed E-state index contributed by atoms with van der Waals surface area (Å²) in [6, 6.07) is 10.4. The van der Waals surface area contributed by atoms with Gasteiger partial charge in [-0.15, -0.1) is 0 Å². The summed E-state index contributed by atoms with van der Waals surface area (Å²) in [4.78, 5) is 0. The number of ether oxygens (including phenoxy) is 1. The standard InChI is InChI=1S/C13H18N2O/c1-3-16-13-7-5-12(6-8-13)11(2)15-10-4-9-14/h5-8,11,15H,3-4,10H2,1-2H3. The maximum absolute atomic E-state index is 8.44. The lowest BCUT2D eigenvalue weighted by atomic mass is 10.1. The van der Waals surface area contributed by atoms with Gasteiger partial charge in [0.15, 0.2) is 0 Å². The number of benzene rings is 1. The van der Waals surface area contributed by atoms with Crippen LogP contribution in [-0.4, -0.2) is 13.2 Å². The van der Waals surface area contributed by atoms with E-state index in [9.17, 15) is 0 Å². The van der Waals surface area contributed by atoms with Crippen LogP contribution in [0.15, 0.2) is 24.3 Å². The third-order valence-corrected chi connectivity index (χ3v) is 2.38. The number of nitrogens with one attached hydrogen (secondary N) is 1. The molecule has 0 saturated carbocycles. The van der Waals surface area contributed by atoms with Gasteiger partial charge in [-0.3, -0.25) is 0 Å². The van der Waals surface area contributed by atoms with Crippen molar-refractivity contribution in [1.82, 2.24) is 5.32 Å². The summed E-state index contributed by atoms with van der Waals surface area (Å²) in [5, 5.41) is 11.7. The minimum Gasteiger partial charge on any atom is -0.494 e. The van der Waals surface area contributed by atoms with E-state index in [0.717, 1.165) is 12.3 Å². The first-order chi connectivity index (χ1) is 7.77. The fraction of sp³-hybridized carbons (Fsp3) is 0.462. The third kappa shape index (κ3) is 3.92. The largest absolute Gasteiger partial charge is 0.494 e. The van der Waals surface area contributed by atoms with Gasteiger partial charge in [-0.05, 0) is 31.5 Å². The van der Waals surface area contributed by atoms with Crippen LogP contribution in [0, 0.1) is 11.3 Å². The maximum atomic E-state index is 8.44. The molecule has 0 spiro atoms. The SMILES string of the molecule is CCOc1ccc(C(C)NCCC#N)cc1. The Kier molecular flexibility index (Phi) is 5.38. The van der Waals surface area contributed by atoms with Gasteiger partial charge in [0.1, 0.15) is 5.75 Å². The van der Waals surface area contributed by atoms with Crippen molar-refractivity contribution in [1.29, 1.82) is 5.26 Å². The van der Waals surface area contributed by atoms with E-state index in [1.54, 1.807) is 0 Å². The molecule has 0 saturated heterocycles. The molecule has 0 aliphatic rings. The normalized spacial score (nSPS) is 11.8. The van der Waals surface area contributed by atoms with Crippen molar-refractivity contribution in [2.45, 2.75) is 26.3 Å². The highest BCUT2D eigenvalue weighted by atomic mass is 16.5. The fourth-order valence-electron chi connectivity index (χ4n) is 1.48. The minimum absolute atomic E-state index is 0.268. The van der Waals surface area contributed by atoms with Crippen LogP contribution in [-0.2, 0) is 0 Å². The summed E-state index contributed by atoms with van der Waals surface area (Å²) in [7, 11) is 0. The molecule has 0 aliphatic heterocycles. The predicted molar refractivity (Wildman–Crippen MR) is 64.3 cm³/mol. The van der Waals surface area contributed by atoms with Gasteiger partial charge in [-0.1, -0.05) is 12.1 Å². The number of nitriles is 1. The van der Waals surface area contributed by atoms with Crippen molar-refractivity contribution in [3.05, 3.63) is 29.8 Å². The molecule has 1 rings (SSSR count). The monoisotopic (exact) mass is 218 g/mol. The van der Waals surface area contributed by atoms with Crippen LogP contribution >= 0.6 is 0 Å². The summed E-state index contributed by atoms with van der Waals surface area (Å²) >= 11 is 0. The highest BCUT2D eigenvalue weighted by molar-refractivity contribution is 5.28. The molecule has 0 fully saturated rings. The van der Waals surface area contributed by atoms with E-state index in [4.69, 9.17) is 10.00 Å². The van der Waals surface area contributed by atoms with Gasteiger partial charge in [-0.25, -0.2) is 0 Å². The maximum Gasteiger partial charge on any atom is 0.119 e. The molecule has 1 N–H and O–H groups in total. The van der Waals surface area contributed by atoms with Crippen molar-refractivity contribution in [3.8, 4) is 11.8 Å². The van der Waals surface area contributed by atoms with E-state index in [0.29, 0.717) is 13.0 Å². The lowest BCUT2D eigenvalue weighted by Gasteiger charge is -2.13. The van der Waals surface area contributed by atoms with E-state index in [1.807, 2.05) is 19.1 Å². The average molecular weight is 218 g/mol. The Morgan fingerprint density at radius 1 is 1.38 bits per heavy atom. The summed E-state index contributed by atoms with van der Waals surface area (Å²) in [5.74, 6) is 0.899. The molecule has 3 heteroatoms. The predicted octanol–water partition coefficient (Wildman–Crippen LogP) is 2.65. The van der Waals surface area contributed by atoms with Gasteiger partial charge in [-0.2, -0.15) is 5.26 Å². The van der Waals surface area contributed by atoms with E-state index in [1.165, 1.54) is 5.56 Å². The first-order valence-corrected chi connectivity index (χ1v) is 5.61. The first-order valence-electron chi connectivity index (χ1n) is 5.61. The molecule has 3 nitrogen and oxygen atoms in total. The van der Waals surface area contributed by atoms with Crippen LogP contribution in [0.5, 0.6) is 5.75 Å². The first kappa shape index (κ1) is 12.5. The van der Waals surface area contributed by atoms with Gasteiger partial charge in [0.25, 0.3) is 0 Å². The summed E-state index contributed by atoms with van der Waals surface area (Å²) in [5.41, 5.74) is 1.21. The van der Waals surface area contributed by atoms with Crippen LogP contribution in [0.3, 0.4) is 0 Å². The molecule has 0 heterocycles. The van der Waals surface area contributed by atoms with E-state index in [2.05, 4.69) is 30.4 Å². The molecule has 0 bridgehead atoms. The Balaban J connectivity index is 2.49. The van der Waals surface area contributed by atoms with Crippen LogP contribution in [0.4, 0.5) is 0 Å². The Hall–Kier alpha value is -1.53. The molecule has 86 valence electrons. The van der Waals surface area contributed by atoms with Gasteiger partial charge < -0.3 is 10.1 Å². The third-order valence-electron chi connectivity index (χ3n) is 2.38. The average Bonchev–Trinajstić information content (AvgIpc) is 2.30. The van der Waals surface area contributed by atoms with Crippen LogP contribution in [0.25, 0.3) is 0 Å². The van der Waals surface area contributed by atoms with Crippen molar-refractivity contribution in [3.63, 3.8) is 0 Å². The molecule has 1 unspecified atom stereocenters. The van der Waals surface area contributed by atoms with Crippen molar-refractivity contribution < 1.29 is 4.74 Å². The second-order valence-electron chi connectivity index (χ2n) is 3.59. The minimum atomic E-state index is 0.268. The molecule has 0 amide bonds. The highest BCUT2D eigenvalue weighted by Crippen LogP contribution is 2.17. The number of hydrogen-bond acceptors (Lipinski definition) is 3. The lowest BCUT2D eigenvalue weighted by Crippen LogP contribution is -2.19. The Labute approximate surface area is 97.0 Å². The van der Waals surface area contributed by atoms with Crippen molar-refractivity contribution in [2.75, 3.05) is 13.2 Å². The van der Waals surface area contributed by atoms with Crippen LogP contribution in [0.1, 0.15) is 31.9 Å². The molecule has 1 aromatic carbocycles. The van der Waals surface area contributed by atoms with E-state index in [-0.39, 0.29) is 6.04 Å². The highest BCUT2D eigenvalue weighted by Gasteiger charge is 2.03. The van der Waals surface area contributed by atoms with E-state index < -0.39 is 0 Å². The molecular formula is C13H18N2O. The zero-order valence-corrected chi connectivity index (χ0v) is 9.86. The number of hydrogen-bond donors (Lipinski definition) is 1. The quantitative estimate of drug-likeness (QED) is 0.746. The second kappa shape index (κ2) is 6.86.